The van der Waals surface area contributed by atoms with E-state index in [1.54, 1.807) is 0 Å². The van der Waals surface area contributed by atoms with E-state index in [1.807, 2.05) is 12.1 Å². The monoisotopic (exact) mass is 244 g/mol. The van der Waals surface area contributed by atoms with Crippen LogP contribution in [0.2, 0.25) is 0 Å². The van der Waals surface area contributed by atoms with Crippen LogP contribution in [0.3, 0.4) is 0 Å². The zero-order valence-electron chi connectivity index (χ0n) is 9.10. The maximum atomic E-state index is 11.2. The van der Waals surface area contributed by atoms with Gasteiger partial charge in [0.25, 0.3) is 0 Å². The Morgan fingerprint density at radius 1 is 1.22 bits per heavy atom. The van der Waals surface area contributed by atoms with Crippen molar-refractivity contribution in [2.45, 2.75) is 0 Å². The Morgan fingerprint density at radius 3 is 2.44 bits per heavy atom. The van der Waals surface area contributed by atoms with Crippen LogP contribution in [0.1, 0.15) is 11.1 Å². The van der Waals surface area contributed by atoms with Crippen LogP contribution in [0.25, 0.3) is 0 Å². The number of anilines is 1. The van der Waals surface area contributed by atoms with E-state index < -0.39 is 18.5 Å². The SMILES string of the molecule is N#Cc1ccc(NC(=O)NCC(=O)O)cc1C#N. The molecule has 0 unspecified atom stereocenters. The number of carboxylic acid groups (broad SMARTS) is 1. The van der Waals surface area contributed by atoms with E-state index in [4.69, 9.17) is 15.6 Å². The highest BCUT2D eigenvalue weighted by Crippen LogP contribution is 2.14. The molecule has 0 saturated carbocycles. The van der Waals surface area contributed by atoms with Gasteiger partial charge in [-0.15, -0.1) is 0 Å². The van der Waals surface area contributed by atoms with Crippen molar-refractivity contribution in [3.05, 3.63) is 29.3 Å². The second kappa shape index (κ2) is 5.87. The number of hydrogen-bond acceptors (Lipinski definition) is 4. The molecule has 1 aromatic carbocycles. The van der Waals surface area contributed by atoms with Crippen LogP contribution in [-0.2, 0) is 4.79 Å². The summed E-state index contributed by atoms with van der Waals surface area (Å²) in [5, 5.41) is 30.3. The molecular formula is C11H8N4O3. The number of urea groups is 1. The fourth-order valence-electron chi connectivity index (χ4n) is 1.14. The Morgan fingerprint density at radius 2 is 1.89 bits per heavy atom. The molecule has 0 saturated heterocycles. The number of nitrogens with one attached hydrogen (secondary N) is 2. The molecule has 0 fully saturated rings. The van der Waals surface area contributed by atoms with Gasteiger partial charge < -0.3 is 15.7 Å². The molecular weight excluding hydrogens is 236 g/mol. The van der Waals surface area contributed by atoms with Crippen LogP contribution in [0.5, 0.6) is 0 Å². The first-order valence-corrected chi connectivity index (χ1v) is 4.77. The average molecular weight is 244 g/mol. The highest BCUT2D eigenvalue weighted by Gasteiger charge is 2.06. The van der Waals surface area contributed by atoms with E-state index in [1.165, 1.54) is 18.2 Å². The number of benzene rings is 1. The second-order valence-corrected chi connectivity index (χ2v) is 3.19. The molecule has 2 amide bonds. The summed E-state index contributed by atoms with van der Waals surface area (Å²) in [4.78, 5) is 21.5. The predicted molar refractivity (Wildman–Crippen MR) is 60.5 cm³/mol. The maximum Gasteiger partial charge on any atom is 0.323 e. The first kappa shape index (κ1) is 13.0. The van der Waals surface area contributed by atoms with Gasteiger partial charge in [0, 0.05) is 5.69 Å². The van der Waals surface area contributed by atoms with E-state index in [0.717, 1.165) is 0 Å². The molecule has 0 aliphatic heterocycles. The highest BCUT2D eigenvalue weighted by atomic mass is 16.4. The Bertz CT molecular complexity index is 569. The van der Waals surface area contributed by atoms with Gasteiger partial charge in [-0.2, -0.15) is 10.5 Å². The summed E-state index contributed by atoms with van der Waals surface area (Å²) >= 11 is 0. The molecule has 0 aliphatic rings. The number of carboxylic acids is 1. The van der Waals surface area contributed by atoms with Gasteiger partial charge >= 0.3 is 12.0 Å². The van der Waals surface area contributed by atoms with Crippen LogP contribution in [0, 0.1) is 22.7 Å². The molecule has 0 radical (unpaired) electrons. The van der Waals surface area contributed by atoms with Crippen molar-refractivity contribution in [3.63, 3.8) is 0 Å². The number of aliphatic carboxylic acids is 1. The molecule has 3 N–H and O–H groups in total. The Kier molecular flexibility index (Phi) is 4.24. The zero-order chi connectivity index (χ0) is 13.5. The number of amides is 2. The van der Waals surface area contributed by atoms with Crippen molar-refractivity contribution >= 4 is 17.7 Å². The molecule has 0 bridgehead atoms. The van der Waals surface area contributed by atoms with E-state index in [9.17, 15) is 9.59 Å². The number of carbonyl (C=O) groups excluding carboxylic acids is 1. The Hall–Kier alpha value is -3.06. The van der Waals surface area contributed by atoms with Gasteiger partial charge in [-0.25, -0.2) is 4.79 Å². The minimum absolute atomic E-state index is 0.133. The summed E-state index contributed by atoms with van der Waals surface area (Å²) < 4.78 is 0. The van der Waals surface area contributed by atoms with E-state index in [0.29, 0.717) is 5.69 Å². The smallest absolute Gasteiger partial charge is 0.323 e. The van der Waals surface area contributed by atoms with Gasteiger partial charge in [-0.05, 0) is 18.2 Å². The van der Waals surface area contributed by atoms with Crippen molar-refractivity contribution in [3.8, 4) is 12.1 Å². The minimum atomic E-state index is -1.16. The summed E-state index contributed by atoms with van der Waals surface area (Å²) in [7, 11) is 0. The third kappa shape index (κ3) is 3.51. The fraction of sp³-hybridized carbons (Fsp3) is 0.0909. The van der Waals surface area contributed by atoms with Crippen molar-refractivity contribution in [1.29, 1.82) is 10.5 Å². The number of rotatable bonds is 3. The lowest BCUT2D eigenvalue weighted by Crippen LogP contribution is -2.33. The number of nitrogens with zero attached hydrogens (tertiary/aromatic N) is 2. The van der Waals surface area contributed by atoms with E-state index in [-0.39, 0.29) is 11.1 Å². The molecule has 7 heteroatoms. The molecule has 0 atom stereocenters. The summed E-state index contributed by atoms with van der Waals surface area (Å²) in [5.74, 6) is -1.16. The topological polar surface area (TPSA) is 126 Å². The Labute approximate surface area is 102 Å². The lowest BCUT2D eigenvalue weighted by atomic mass is 10.1. The largest absolute Gasteiger partial charge is 0.480 e. The molecule has 90 valence electrons. The summed E-state index contributed by atoms with van der Waals surface area (Å²) in [6.45, 7) is -0.507. The van der Waals surface area contributed by atoms with Gasteiger partial charge in [0.1, 0.15) is 18.7 Å². The summed E-state index contributed by atoms with van der Waals surface area (Å²) in [6.07, 6.45) is 0. The predicted octanol–water partition coefficient (Wildman–Crippen LogP) is 0.636. The molecule has 0 aromatic heterocycles. The molecule has 0 heterocycles. The normalized spacial score (nSPS) is 8.78. The highest BCUT2D eigenvalue weighted by molar-refractivity contribution is 5.91. The molecule has 1 aromatic rings. The van der Waals surface area contributed by atoms with Crippen molar-refractivity contribution < 1.29 is 14.7 Å². The van der Waals surface area contributed by atoms with E-state index >= 15 is 0 Å². The Balaban J connectivity index is 2.75. The maximum absolute atomic E-state index is 11.2. The lowest BCUT2D eigenvalue weighted by molar-refractivity contribution is -0.135. The van der Waals surface area contributed by atoms with Crippen LogP contribution in [-0.4, -0.2) is 23.7 Å². The number of hydrogen-bond donors (Lipinski definition) is 3. The zero-order valence-corrected chi connectivity index (χ0v) is 9.10. The third-order valence-electron chi connectivity index (χ3n) is 1.92. The van der Waals surface area contributed by atoms with Crippen LogP contribution < -0.4 is 10.6 Å². The molecule has 18 heavy (non-hydrogen) atoms. The number of nitriles is 2. The molecule has 7 nitrogen and oxygen atoms in total. The quantitative estimate of drug-likeness (QED) is 0.719. The second-order valence-electron chi connectivity index (χ2n) is 3.19. The molecule has 0 spiro atoms. The van der Waals surface area contributed by atoms with Gasteiger partial charge in [0.2, 0.25) is 0 Å². The molecule has 0 aliphatic carbocycles. The van der Waals surface area contributed by atoms with Gasteiger partial charge in [-0.3, -0.25) is 4.79 Å². The lowest BCUT2D eigenvalue weighted by Gasteiger charge is -2.06. The minimum Gasteiger partial charge on any atom is -0.480 e. The molecule has 1 rings (SSSR count). The van der Waals surface area contributed by atoms with Gasteiger partial charge in [-0.1, -0.05) is 0 Å². The first-order valence-electron chi connectivity index (χ1n) is 4.77. The van der Waals surface area contributed by atoms with Crippen LogP contribution in [0.15, 0.2) is 18.2 Å². The van der Waals surface area contributed by atoms with Gasteiger partial charge in [0.05, 0.1) is 11.1 Å². The summed E-state index contributed by atoms with van der Waals surface area (Å²) in [6, 6.07) is 7.13. The fourth-order valence-corrected chi connectivity index (χ4v) is 1.14. The van der Waals surface area contributed by atoms with E-state index in [2.05, 4.69) is 10.6 Å². The van der Waals surface area contributed by atoms with Crippen LogP contribution >= 0.6 is 0 Å². The van der Waals surface area contributed by atoms with Crippen molar-refractivity contribution in [2.75, 3.05) is 11.9 Å². The number of carbonyl (C=O) groups is 2. The van der Waals surface area contributed by atoms with Crippen LogP contribution in [0.4, 0.5) is 10.5 Å². The average Bonchev–Trinajstić information content (AvgIpc) is 2.36. The van der Waals surface area contributed by atoms with Gasteiger partial charge in [0.15, 0.2) is 0 Å². The summed E-state index contributed by atoms with van der Waals surface area (Å²) in [5.41, 5.74) is 0.635. The third-order valence-corrected chi connectivity index (χ3v) is 1.92. The van der Waals surface area contributed by atoms with Crippen molar-refractivity contribution in [1.82, 2.24) is 5.32 Å². The standard InChI is InChI=1S/C11H8N4O3/c12-4-7-1-2-9(3-8(7)5-13)15-11(18)14-6-10(16)17/h1-3H,6H2,(H,16,17)(H2,14,15,18). The van der Waals surface area contributed by atoms with Crippen molar-refractivity contribution in [2.24, 2.45) is 0 Å². The first-order chi connectivity index (χ1) is 8.56.